The molecule has 1 aromatic rings. The Morgan fingerprint density at radius 2 is 2.00 bits per heavy atom. The first-order valence-electron chi connectivity index (χ1n) is 7.23. The summed E-state index contributed by atoms with van der Waals surface area (Å²) in [5, 5.41) is 0. The highest BCUT2D eigenvalue weighted by atomic mass is 32.1. The van der Waals surface area contributed by atoms with Gasteiger partial charge in [0.15, 0.2) is 0 Å². The van der Waals surface area contributed by atoms with Crippen LogP contribution in [0.2, 0.25) is 0 Å². The lowest BCUT2D eigenvalue weighted by atomic mass is 10.1. The van der Waals surface area contributed by atoms with Crippen molar-refractivity contribution in [2.75, 3.05) is 20.2 Å². The highest BCUT2D eigenvalue weighted by Gasteiger charge is 2.15. The fraction of sp³-hybridized carbons (Fsp3) is 0.500. The van der Waals surface area contributed by atoms with Crippen LogP contribution in [0.25, 0.3) is 0 Å². The fourth-order valence-corrected chi connectivity index (χ4v) is 1.91. The van der Waals surface area contributed by atoms with Crippen molar-refractivity contribution in [2.45, 2.75) is 26.7 Å². The standard InChI is InChI=1S/C16H24N2O2S/c1-4-5-10-20-14-8-6-13(7-9-14)16(19)18(3)11-12(2)15(17)21/h6-9,12H,4-5,10-11H2,1-3H3,(H2,17,21). The van der Waals surface area contributed by atoms with Gasteiger partial charge in [-0.3, -0.25) is 4.79 Å². The number of carbonyl (C=O) groups is 1. The molecule has 0 aliphatic heterocycles. The largest absolute Gasteiger partial charge is 0.494 e. The molecule has 0 fully saturated rings. The van der Waals surface area contributed by atoms with E-state index in [2.05, 4.69) is 6.92 Å². The molecule has 0 radical (unpaired) electrons. The molecule has 0 aliphatic carbocycles. The lowest BCUT2D eigenvalue weighted by Crippen LogP contribution is -2.35. The zero-order chi connectivity index (χ0) is 15.8. The number of thiocarbonyl (C=S) groups is 1. The topological polar surface area (TPSA) is 55.6 Å². The van der Waals surface area contributed by atoms with Crippen molar-refractivity contribution in [1.82, 2.24) is 4.90 Å². The SMILES string of the molecule is CCCCOc1ccc(C(=O)N(C)CC(C)C(N)=S)cc1. The van der Waals surface area contributed by atoms with Crippen molar-refractivity contribution in [2.24, 2.45) is 11.7 Å². The zero-order valence-electron chi connectivity index (χ0n) is 13.0. The fourth-order valence-electron chi connectivity index (χ4n) is 1.83. The van der Waals surface area contributed by atoms with Crippen molar-refractivity contribution in [3.05, 3.63) is 29.8 Å². The first kappa shape index (κ1) is 17.4. The van der Waals surface area contributed by atoms with Gasteiger partial charge in [0.1, 0.15) is 5.75 Å². The number of nitrogens with zero attached hydrogens (tertiary/aromatic N) is 1. The minimum Gasteiger partial charge on any atom is -0.494 e. The van der Waals surface area contributed by atoms with Gasteiger partial charge in [-0.25, -0.2) is 0 Å². The van der Waals surface area contributed by atoms with Crippen LogP contribution in [-0.2, 0) is 0 Å². The van der Waals surface area contributed by atoms with Crippen molar-refractivity contribution in [1.29, 1.82) is 0 Å². The molecule has 0 spiro atoms. The number of amides is 1. The van der Waals surface area contributed by atoms with E-state index in [-0.39, 0.29) is 11.8 Å². The number of hydrogen-bond acceptors (Lipinski definition) is 3. The smallest absolute Gasteiger partial charge is 0.253 e. The monoisotopic (exact) mass is 308 g/mol. The second-order valence-corrected chi connectivity index (χ2v) is 5.69. The Morgan fingerprint density at radius 1 is 1.38 bits per heavy atom. The summed E-state index contributed by atoms with van der Waals surface area (Å²) >= 11 is 4.93. The van der Waals surface area contributed by atoms with Gasteiger partial charge in [0.2, 0.25) is 0 Å². The van der Waals surface area contributed by atoms with E-state index in [0.717, 1.165) is 18.6 Å². The molecule has 1 amide bonds. The molecule has 5 heteroatoms. The highest BCUT2D eigenvalue weighted by Crippen LogP contribution is 2.14. The number of rotatable bonds is 8. The molecule has 1 atom stereocenters. The van der Waals surface area contributed by atoms with Crippen molar-refractivity contribution in [3.63, 3.8) is 0 Å². The molecular weight excluding hydrogens is 284 g/mol. The maximum absolute atomic E-state index is 12.3. The first-order chi connectivity index (χ1) is 9.95. The van der Waals surface area contributed by atoms with E-state index in [0.29, 0.717) is 23.7 Å². The van der Waals surface area contributed by atoms with Gasteiger partial charge in [0, 0.05) is 25.1 Å². The van der Waals surface area contributed by atoms with Crippen LogP contribution in [0.4, 0.5) is 0 Å². The van der Waals surface area contributed by atoms with E-state index in [1.165, 1.54) is 0 Å². The van der Waals surface area contributed by atoms with Gasteiger partial charge < -0.3 is 15.4 Å². The van der Waals surface area contributed by atoms with E-state index in [4.69, 9.17) is 22.7 Å². The average Bonchev–Trinajstić information content (AvgIpc) is 2.47. The molecule has 1 unspecified atom stereocenters. The van der Waals surface area contributed by atoms with Gasteiger partial charge in [-0.15, -0.1) is 0 Å². The van der Waals surface area contributed by atoms with Gasteiger partial charge in [-0.2, -0.15) is 0 Å². The summed E-state index contributed by atoms with van der Waals surface area (Å²) < 4.78 is 5.58. The average molecular weight is 308 g/mol. The lowest BCUT2D eigenvalue weighted by molar-refractivity contribution is 0.0787. The zero-order valence-corrected chi connectivity index (χ0v) is 13.8. The van der Waals surface area contributed by atoms with Crippen molar-refractivity contribution < 1.29 is 9.53 Å². The number of ether oxygens (including phenoxy) is 1. The van der Waals surface area contributed by atoms with Crippen LogP contribution in [0.15, 0.2) is 24.3 Å². The van der Waals surface area contributed by atoms with E-state index < -0.39 is 0 Å². The Balaban J connectivity index is 2.59. The summed E-state index contributed by atoms with van der Waals surface area (Å²) in [7, 11) is 1.75. The second kappa shape index (κ2) is 8.62. The van der Waals surface area contributed by atoms with E-state index in [1.807, 2.05) is 19.1 Å². The third-order valence-corrected chi connectivity index (χ3v) is 3.65. The van der Waals surface area contributed by atoms with Gasteiger partial charge in [-0.1, -0.05) is 32.5 Å². The van der Waals surface area contributed by atoms with Crippen molar-refractivity contribution >= 4 is 23.1 Å². The predicted molar refractivity (Wildman–Crippen MR) is 89.8 cm³/mol. The minimum atomic E-state index is -0.0433. The third kappa shape index (κ3) is 5.71. The summed E-state index contributed by atoms with van der Waals surface area (Å²) in [6, 6.07) is 7.22. The predicted octanol–water partition coefficient (Wildman–Crippen LogP) is 2.86. The number of unbranched alkanes of at least 4 members (excludes halogenated alkanes) is 1. The highest BCUT2D eigenvalue weighted by molar-refractivity contribution is 7.80. The molecule has 116 valence electrons. The van der Waals surface area contributed by atoms with Gasteiger partial charge in [0.05, 0.1) is 11.6 Å². The van der Waals surface area contributed by atoms with Gasteiger partial charge in [-0.05, 0) is 30.7 Å². The van der Waals surface area contributed by atoms with Crippen LogP contribution < -0.4 is 10.5 Å². The molecular formula is C16H24N2O2S. The molecule has 1 aromatic carbocycles. The Hall–Kier alpha value is -1.62. The Morgan fingerprint density at radius 3 is 2.52 bits per heavy atom. The molecule has 0 bridgehead atoms. The van der Waals surface area contributed by atoms with Crippen LogP contribution in [0.3, 0.4) is 0 Å². The van der Waals surface area contributed by atoms with Crippen LogP contribution >= 0.6 is 12.2 Å². The molecule has 0 saturated heterocycles. The lowest BCUT2D eigenvalue weighted by Gasteiger charge is -2.21. The molecule has 0 heterocycles. The Kier molecular flexibility index (Phi) is 7.15. The summed E-state index contributed by atoms with van der Waals surface area (Å²) in [6.45, 7) is 5.25. The quantitative estimate of drug-likeness (QED) is 0.592. The Labute approximate surface area is 132 Å². The third-order valence-electron chi connectivity index (χ3n) is 3.25. The summed E-state index contributed by atoms with van der Waals surface area (Å²) in [6.07, 6.45) is 2.13. The maximum Gasteiger partial charge on any atom is 0.253 e. The Bertz CT molecular complexity index is 474. The molecule has 0 aliphatic rings. The van der Waals surface area contributed by atoms with E-state index >= 15 is 0 Å². The summed E-state index contributed by atoms with van der Waals surface area (Å²) in [4.78, 5) is 14.3. The van der Waals surface area contributed by atoms with Crippen LogP contribution in [0.1, 0.15) is 37.0 Å². The van der Waals surface area contributed by atoms with E-state index in [1.54, 1.807) is 24.1 Å². The normalized spacial score (nSPS) is 11.8. The summed E-state index contributed by atoms with van der Waals surface area (Å²) in [5.74, 6) is 0.753. The molecule has 2 N–H and O–H groups in total. The van der Waals surface area contributed by atoms with Crippen LogP contribution in [-0.4, -0.2) is 36.0 Å². The van der Waals surface area contributed by atoms with Crippen LogP contribution in [0.5, 0.6) is 5.75 Å². The molecule has 21 heavy (non-hydrogen) atoms. The molecule has 0 saturated carbocycles. The van der Waals surface area contributed by atoms with Gasteiger partial charge >= 0.3 is 0 Å². The number of carbonyl (C=O) groups excluding carboxylic acids is 1. The van der Waals surface area contributed by atoms with Crippen molar-refractivity contribution in [3.8, 4) is 5.75 Å². The molecule has 0 aromatic heterocycles. The van der Waals surface area contributed by atoms with Crippen LogP contribution in [0, 0.1) is 5.92 Å². The minimum absolute atomic E-state index is 0.00519. The maximum atomic E-state index is 12.3. The van der Waals surface area contributed by atoms with Gasteiger partial charge in [0.25, 0.3) is 5.91 Å². The number of hydrogen-bond donors (Lipinski definition) is 1. The summed E-state index contributed by atoms with van der Waals surface area (Å²) in [5.41, 5.74) is 6.21. The molecule has 4 nitrogen and oxygen atoms in total. The number of nitrogens with two attached hydrogens (primary N) is 1. The second-order valence-electron chi connectivity index (χ2n) is 5.22. The number of benzene rings is 1. The van der Waals surface area contributed by atoms with E-state index in [9.17, 15) is 4.79 Å². The molecule has 1 rings (SSSR count). The first-order valence-corrected chi connectivity index (χ1v) is 7.64.